The molecule has 0 atom stereocenters. The van der Waals surface area contributed by atoms with Crippen LogP contribution in [0.5, 0.6) is 0 Å². The second-order valence-electron chi connectivity index (χ2n) is 5.30. The zero-order chi connectivity index (χ0) is 12.3. The topological polar surface area (TPSA) is 67.1 Å². The van der Waals surface area contributed by atoms with E-state index in [2.05, 4.69) is 34.2 Å². The molecule has 1 aromatic heterocycles. The highest BCUT2D eigenvalue weighted by Crippen LogP contribution is 2.30. The Morgan fingerprint density at radius 1 is 1.41 bits per heavy atom. The van der Waals surface area contributed by atoms with E-state index in [9.17, 15) is 0 Å². The average Bonchev–Trinajstić information content (AvgIpc) is 2.31. The van der Waals surface area contributed by atoms with Crippen LogP contribution >= 0.6 is 0 Å². The van der Waals surface area contributed by atoms with Crippen molar-refractivity contribution in [2.45, 2.75) is 19.8 Å². The van der Waals surface area contributed by atoms with Crippen LogP contribution < -0.4 is 11.1 Å². The second-order valence-corrected chi connectivity index (χ2v) is 5.30. The standard InChI is InChI=1S/C12H21N5/c1-12(3-5-17(2)6-4-12)9-15-11-8-14-7-10(13)16-11/h7-8H,3-6,9H2,1-2H3,(H3,13,15,16). The van der Waals surface area contributed by atoms with Crippen LogP contribution in [0.4, 0.5) is 11.6 Å². The van der Waals surface area contributed by atoms with Gasteiger partial charge in [-0.05, 0) is 38.4 Å². The fourth-order valence-electron chi connectivity index (χ4n) is 2.11. The summed E-state index contributed by atoms with van der Waals surface area (Å²) in [5.74, 6) is 1.23. The van der Waals surface area contributed by atoms with Gasteiger partial charge in [0.25, 0.3) is 0 Å². The van der Waals surface area contributed by atoms with E-state index in [4.69, 9.17) is 5.73 Å². The zero-order valence-electron chi connectivity index (χ0n) is 10.6. The molecule has 0 aromatic carbocycles. The van der Waals surface area contributed by atoms with Gasteiger partial charge in [-0.3, -0.25) is 4.98 Å². The molecule has 1 aliphatic rings. The van der Waals surface area contributed by atoms with Crippen LogP contribution in [0, 0.1) is 5.41 Å². The van der Waals surface area contributed by atoms with Crippen molar-refractivity contribution in [3.8, 4) is 0 Å². The Hall–Kier alpha value is -1.36. The van der Waals surface area contributed by atoms with Crippen LogP contribution in [0.25, 0.3) is 0 Å². The molecule has 94 valence electrons. The maximum absolute atomic E-state index is 5.60. The molecule has 0 spiro atoms. The van der Waals surface area contributed by atoms with E-state index in [-0.39, 0.29) is 0 Å². The Morgan fingerprint density at radius 3 is 2.76 bits per heavy atom. The van der Waals surface area contributed by atoms with Gasteiger partial charge in [-0.25, -0.2) is 4.98 Å². The largest absolute Gasteiger partial charge is 0.382 e. The number of piperidine rings is 1. The molecule has 2 rings (SSSR count). The molecule has 5 nitrogen and oxygen atoms in total. The molecule has 5 heteroatoms. The van der Waals surface area contributed by atoms with Crippen LogP contribution in [0.3, 0.4) is 0 Å². The summed E-state index contributed by atoms with van der Waals surface area (Å²) in [6.07, 6.45) is 5.70. The van der Waals surface area contributed by atoms with Crippen molar-refractivity contribution in [3.05, 3.63) is 12.4 Å². The Morgan fingerprint density at radius 2 is 2.12 bits per heavy atom. The van der Waals surface area contributed by atoms with Crippen molar-refractivity contribution in [3.63, 3.8) is 0 Å². The van der Waals surface area contributed by atoms with Crippen LogP contribution in [0.1, 0.15) is 19.8 Å². The van der Waals surface area contributed by atoms with Crippen molar-refractivity contribution >= 4 is 11.6 Å². The van der Waals surface area contributed by atoms with Crippen LogP contribution in [0.15, 0.2) is 12.4 Å². The first-order valence-electron chi connectivity index (χ1n) is 6.07. The van der Waals surface area contributed by atoms with Gasteiger partial charge in [0, 0.05) is 6.54 Å². The SMILES string of the molecule is CN1CCC(C)(CNc2cncc(N)n2)CC1. The third kappa shape index (κ3) is 3.30. The van der Waals surface area contributed by atoms with Gasteiger partial charge in [-0.15, -0.1) is 0 Å². The summed E-state index contributed by atoms with van der Waals surface area (Å²) in [6.45, 7) is 5.59. The van der Waals surface area contributed by atoms with Crippen LogP contribution in [-0.4, -0.2) is 41.5 Å². The Bertz CT molecular complexity index is 371. The summed E-state index contributed by atoms with van der Waals surface area (Å²) < 4.78 is 0. The lowest BCUT2D eigenvalue weighted by Gasteiger charge is -2.38. The molecular weight excluding hydrogens is 214 g/mol. The van der Waals surface area contributed by atoms with Gasteiger partial charge in [0.2, 0.25) is 0 Å². The van der Waals surface area contributed by atoms with E-state index in [1.807, 2.05) is 0 Å². The van der Waals surface area contributed by atoms with Gasteiger partial charge >= 0.3 is 0 Å². The number of nitrogens with one attached hydrogen (secondary N) is 1. The summed E-state index contributed by atoms with van der Waals surface area (Å²) >= 11 is 0. The van der Waals surface area contributed by atoms with E-state index in [1.54, 1.807) is 12.4 Å². The second kappa shape index (κ2) is 4.87. The first kappa shape index (κ1) is 12.1. The van der Waals surface area contributed by atoms with Crippen molar-refractivity contribution in [1.29, 1.82) is 0 Å². The Balaban J connectivity index is 1.89. The molecule has 1 aromatic rings. The number of aromatic nitrogens is 2. The van der Waals surface area contributed by atoms with Gasteiger partial charge in [-0.1, -0.05) is 6.92 Å². The van der Waals surface area contributed by atoms with E-state index < -0.39 is 0 Å². The minimum atomic E-state index is 0.346. The molecular formula is C12H21N5. The fraction of sp³-hybridized carbons (Fsp3) is 0.667. The lowest BCUT2D eigenvalue weighted by molar-refractivity contribution is 0.150. The van der Waals surface area contributed by atoms with E-state index in [0.29, 0.717) is 11.2 Å². The number of rotatable bonds is 3. The minimum Gasteiger partial charge on any atom is -0.382 e. The monoisotopic (exact) mass is 235 g/mol. The van der Waals surface area contributed by atoms with Crippen molar-refractivity contribution in [1.82, 2.24) is 14.9 Å². The molecule has 3 N–H and O–H groups in total. The van der Waals surface area contributed by atoms with E-state index >= 15 is 0 Å². The molecule has 0 unspecified atom stereocenters. The van der Waals surface area contributed by atoms with Gasteiger partial charge < -0.3 is 16.0 Å². The molecule has 1 fully saturated rings. The summed E-state index contributed by atoms with van der Waals surface area (Å²) in [5, 5.41) is 3.34. The predicted octanol–water partition coefficient (Wildman–Crippen LogP) is 1.20. The van der Waals surface area contributed by atoms with Crippen LogP contribution in [-0.2, 0) is 0 Å². The maximum Gasteiger partial charge on any atom is 0.146 e. The minimum absolute atomic E-state index is 0.346. The highest BCUT2D eigenvalue weighted by molar-refractivity contribution is 5.38. The van der Waals surface area contributed by atoms with Crippen molar-refractivity contribution in [2.24, 2.45) is 5.41 Å². The summed E-state index contributed by atoms with van der Waals surface area (Å²) in [6, 6.07) is 0. The highest BCUT2D eigenvalue weighted by Gasteiger charge is 2.28. The lowest BCUT2D eigenvalue weighted by Crippen LogP contribution is -2.40. The van der Waals surface area contributed by atoms with Gasteiger partial charge in [0.1, 0.15) is 11.6 Å². The number of anilines is 2. The fourth-order valence-corrected chi connectivity index (χ4v) is 2.11. The molecule has 0 amide bonds. The normalized spacial score (nSPS) is 20.1. The average molecular weight is 235 g/mol. The van der Waals surface area contributed by atoms with E-state index in [0.717, 1.165) is 12.4 Å². The number of nitrogen functional groups attached to an aromatic ring is 1. The molecule has 1 saturated heterocycles. The summed E-state index contributed by atoms with van der Waals surface area (Å²) in [5.41, 5.74) is 5.94. The summed E-state index contributed by atoms with van der Waals surface area (Å²) in [7, 11) is 2.18. The van der Waals surface area contributed by atoms with Crippen molar-refractivity contribution < 1.29 is 0 Å². The predicted molar refractivity (Wildman–Crippen MR) is 69.8 cm³/mol. The number of hydrogen-bond acceptors (Lipinski definition) is 5. The number of nitrogens with two attached hydrogens (primary N) is 1. The third-order valence-corrected chi connectivity index (χ3v) is 3.54. The molecule has 0 bridgehead atoms. The first-order valence-corrected chi connectivity index (χ1v) is 6.07. The first-order chi connectivity index (χ1) is 8.07. The van der Waals surface area contributed by atoms with Gasteiger partial charge in [0.15, 0.2) is 0 Å². The van der Waals surface area contributed by atoms with E-state index in [1.165, 1.54) is 25.9 Å². The van der Waals surface area contributed by atoms with Gasteiger partial charge in [-0.2, -0.15) is 0 Å². The molecule has 2 heterocycles. The highest BCUT2D eigenvalue weighted by atomic mass is 15.1. The quantitative estimate of drug-likeness (QED) is 0.824. The van der Waals surface area contributed by atoms with Crippen molar-refractivity contribution in [2.75, 3.05) is 37.7 Å². The Kier molecular flexibility index (Phi) is 3.47. The van der Waals surface area contributed by atoms with Crippen LogP contribution in [0.2, 0.25) is 0 Å². The molecule has 0 saturated carbocycles. The molecule has 0 radical (unpaired) electrons. The molecule has 0 aliphatic carbocycles. The zero-order valence-corrected chi connectivity index (χ0v) is 10.6. The smallest absolute Gasteiger partial charge is 0.146 e. The van der Waals surface area contributed by atoms with Gasteiger partial charge in [0.05, 0.1) is 12.4 Å². The molecule has 17 heavy (non-hydrogen) atoms. The summed E-state index contributed by atoms with van der Waals surface area (Å²) in [4.78, 5) is 10.6. The number of hydrogen-bond donors (Lipinski definition) is 2. The molecule has 1 aliphatic heterocycles. The Labute approximate surface area is 102 Å². The maximum atomic E-state index is 5.60. The number of nitrogens with zero attached hydrogens (tertiary/aromatic N) is 3. The third-order valence-electron chi connectivity index (χ3n) is 3.54. The lowest BCUT2D eigenvalue weighted by atomic mass is 9.80. The number of likely N-dealkylation sites (tertiary alicyclic amines) is 1.